The quantitative estimate of drug-likeness (QED) is 0.236. The van der Waals surface area contributed by atoms with Crippen LogP contribution in [0, 0.1) is 25.7 Å². The molecule has 4 aromatic rings. The molecule has 2 N–H and O–H groups in total. The average Bonchev–Trinajstić information content (AvgIpc) is 3.44. The van der Waals surface area contributed by atoms with Gasteiger partial charge in [0, 0.05) is 41.6 Å². The average molecular weight is 618 g/mol. The Labute approximate surface area is 244 Å². The highest BCUT2D eigenvalue weighted by molar-refractivity contribution is 9.10. The third kappa shape index (κ3) is 5.04. The zero-order valence-corrected chi connectivity index (χ0v) is 24.5. The largest absolute Gasteiger partial charge is 0.388 e. The van der Waals surface area contributed by atoms with Gasteiger partial charge in [-0.1, -0.05) is 6.07 Å². The molecular weight excluding hydrogens is 588 g/mol. The van der Waals surface area contributed by atoms with E-state index >= 15 is 0 Å². The zero-order valence-electron chi connectivity index (χ0n) is 22.9. The number of fused-ring (bicyclic) bond motifs is 2. The van der Waals surface area contributed by atoms with Gasteiger partial charge in [-0.15, -0.1) is 0 Å². The van der Waals surface area contributed by atoms with Crippen LogP contribution in [-0.4, -0.2) is 59.7 Å². The topological polar surface area (TPSA) is 130 Å². The minimum absolute atomic E-state index is 0.00958. The molecule has 0 unspecified atom stereocenters. The van der Waals surface area contributed by atoms with E-state index in [0.29, 0.717) is 34.3 Å². The van der Waals surface area contributed by atoms with Crippen LogP contribution in [0.2, 0.25) is 0 Å². The molecule has 6 rings (SSSR count). The van der Waals surface area contributed by atoms with Crippen molar-refractivity contribution in [2.24, 2.45) is 11.8 Å². The Kier molecular flexibility index (Phi) is 6.95. The van der Waals surface area contributed by atoms with Gasteiger partial charge in [-0.2, -0.15) is 0 Å². The van der Waals surface area contributed by atoms with Crippen LogP contribution in [0.5, 0.6) is 0 Å². The number of aryl methyl sites for hydroxylation is 2. The molecule has 0 spiro atoms. The highest BCUT2D eigenvalue weighted by atomic mass is 79.9. The maximum absolute atomic E-state index is 13.7. The summed E-state index contributed by atoms with van der Waals surface area (Å²) in [5, 5.41) is 12.9. The third-order valence-corrected chi connectivity index (χ3v) is 8.51. The van der Waals surface area contributed by atoms with Crippen LogP contribution in [0.1, 0.15) is 40.7 Å². The number of hydrogen-bond acceptors (Lipinski definition) is 7. The van der Waals surface area contributed by atoms with Gasteiger partial charge in [0.25, 0.3) is 0 Å². The van der Waals surface area contributed by atoms with E-state index in [-0.39, 0.29) is 36.7 Å². The van der Waals surface area contributed by atoms with Crippen LogP contribution in [0.4, 0.5) is 5.82 Å². The molecule has 2 fully saturated rings. The van der Waals surface area contributed by atoms with Gasteiger partial charge in [0.05, 0.1) is 5.52 Å². The van der Waals surface area contributed by atoms with E-state index < -0.39 is 6.04 Å². The normalized spacial score (nSPS) is 19.3. The lowest BCUT2D eigenvalue weighted by atomic mass is 10.0. The Morgan fingerprint density at radius 1 is 1.10 bits per heavy atom. The zero-order chi connectivity index (χ0) is 29.0. The molecule has 210 valence electrons. The summed E-state index contributed by atoms with van der Waals surface area (Å²) in [5.74, 6) is 0.768. The van der Waals surface area contributed by atoms with Gasteiger partial charge in [-0.3, -0.25) is 14.4 Å². The molecule has 1 aliphatic carbocycles. The number of nitrogens with zero attached hydrogens (tertiary/aromatic N) is 5. The summed E-state index contributed by atoms with van der Waals surface area (Å²) in [6, 6.07) is 7.01. The number of halogens is 1. The van der Waals surface area contributed by atoms with Gasteiger partial charge in [0.1, 0.15) is 29.6 Å². The number of carbonyl (C=O) groups is 3. The van der Waals surface area contributed by atoms with Crippen LogP contribution in [0.15, 0.2) is 47.5 Å². The second-order valence-electron chi connectivity index (χ2n) is 10.9. The number of aliphatic hydroxyl groups excluding tert-OH is 1. The maximum atomic E-state index is 13.7. The number of benzene rings is 1. The number of rotatable bonds is 7. The van der Waals surface area contributed by atoms with Gasteiger partial charge in [-0.05, 0) is 89.8 Å². The van der Waals surface area contributed by atoms with E-state index in [1.54, 1.807) is 23.5 Å². The van der Waals surface area contributed by atoms with Crippen molar-refractivity contribution < 1.29 is 19.5 Å². The van der Waals surface area contributed by atoms with Crippen molar-refractivity contribution in [3.63, 3.8) is 0 Å². The van der Waals surface area contributed by atoms with E-state index in [2.05, 4.69) is 36.2 Å². The molecule has 2 amide bonds. The van der Waals surface area contributed by atoms with Crippen molar-refractivity contribution in [3.8, 4) is 11.1 Å². The first kappa shape index (κ1) is 27.2. The van der Waals surface area contributed by atoms with Crippen LogP contribution in [0.25, 0.3) is 22.0 Å². The van der Waals surface area contributed by atoms with E-state index in [0.717, 1.165) is 39.6 Å². The van der Waals surface area contributed by atoms with Gasteiger partial charge < -0.3 is 19.9 Å². The molecule has 1 saturated carbocycles. The standard InChI is InChI=1S/C30H29BrN6O4/c1-15-4-5-24(31)34-29(15)35-30(41)28-21-8-19(21)11-37(28)26(40)13-36-12-23(17(3)39)22-7-18(6-16(2)27(22)36)20-9-32-25(14-38)33-10-20/h4-7,9-10,12,19,21,28,38H,8,11,13-14H2,1-3H3,(H,34,35,41)/t19-,21-,28+/m1/s1. The van der Waals surface area contributed by atoms with Crippen LogP contribution >= 0.6 is 15.9 Å². The number of amides is 2. The molecule has 0 bridgehead atoms. The number of likely N-dealkylation sites (tertiary alicyclic amines) is 1. The number of aliphatic hydroxyl groups is 1. The molecular formula is C30H29BrN6O4. The Morgan fingerprint density at radius 2 is 1.85 bits per heavy atom. The molecule has 4 heterocycles. The fraction of sp³-hybridized carbons (Fsp3) is 0.333. The number of aromatic nitrogens is 4. The number of hydrogen-bond donors (Lipinski definition) is 2. The highest BCUT2D eigenvalue weighted by Gasteiger charge is 2.56. The minimum Gasteiger partial charge on any atom is -0.388 e. The molecule has 1 aromatic carbocycles. The summed E-state index contributed by atoms with van der Waals surface area (Å²) < 4.78 is 2.44. The number of piperidine rings is 1. The number of nitrogens with one attached hydrogen (secondary N) is 1. The molecule has 10 nitrogen and oxygen atoms in total. The molecule has 0 radical (unpaired) electrons. The number of carbonyl (C=O) groups excluding carboxylic acids is 3. The monoisotopic (exact) mass is 616 g/mol. The highest BCUT2D eigenvalue weighted by Crippen LogP contribution is 2.50. The van der Waals surface area contributed by atoms with Crippen molar-refractivity contribution in [2.75, 3.05) is 11.9 Å². The fourth-order valence-electron chi connectivity index (χ4n) is 5.93. The second kappa shape index (κ2) is 10.5. The maximum Gasteiger partial charge on any atom is 0.248 e. The molecule has 11 heteroatoms. The Morgan fingerprint density at radius 3 is 2.56 bits per heavy atom. The van der Waals surface area contributed by atoms with Gasteiger partial charge in [0.2, 0.25) is 11.8 Å². The van der Waals surface area contributed by atoms with Crippen molar-refractivity contribution in [1.82, 2.24) is 24.4 Å². The second-order valence-corrected chi connectivity index (χ2v) is 11.7. The lowest BCUT2D eigenvalue weighted by Gasteiger charge is -2.27. The summed E-state index contributed by atoms with van der Waals surface area (Å²) in [4.78, 5) is 54.2. The SMILES string of the molecule is CC(=O)c1cn(CC(=O)N2C[C@H]3C[C@H]3[C@H]2C(=O)Nc2nc(Br)ccc2C)c2c(C)cc(-c3cnc(CO)nc3)cc12. The van der Waals surface area contributed by atoms with Crippen molar-refractivity contribution in [2.45, 2.75) is 46.4 Å². The van der Waals surface area contributed by atoms with E-state index in [1.807, 2.05) is 42.7 Å². The lowest BCUT2D eigenvalue weighted by Crippen LogP contribution is -2.47. The first-order valence-electron chi connectivity index (χ1n) is 13.4. The molecule has 2 aliphatic rings. The third-order valence-electron chi connectivity index (χ3n) is 8.07. The van der Waals surface area contributed by atoms with Gasteiger partial charge in [0.15, 0.2) is 11.6 Å². The van der Waals surface area contributed by atoms with E-state index in [1.165, 1.54) is 6.92 Å². The molecule has 41 heavy (non-hydrogen) atoms. The number of Topliss-reactive ketones (excluding diaryl/α,β-unsaturated/α-hetero) is 1. The molecule has 3 aromatic heterocycles. The first-order valence-corrected chi connectivity index (χ1v) is 14.2. The Hall–Kier alpha value is -3.96. The Bertz CT molecular complexity index is 1720. The van der Waals surface area contributed by atoms with E-state index in [9.17, 15) is 19.5 Å². The van der Waals surface area contributed by atoms with Crippen LogP contribution < -0.4 is 5.32 Å². The van der Waals surface area contributed by atoms with E-state index in [4.69, 9.17) is 0 Å². The molecule has 1 saturated heterocycles. The van der Waals surface area contributed by atoms with Crippen LogP contribution in [-0.2, 0) is 22.7 Å². The van der Waals surface area contributed by atoms with Crippen molar-refractivity contribution in [1.29, 1.82) is 0 Å². The van der Waals surface area contributed by atoms with Gasteiger partial charge in [-0.25, -0.2) is 15.0 Å². The smallest absolute Gasteiger partial charge is 0.248 e. The molecule has 3 atom stereocenters. The first-order chi connectivity index (χ1) is 19.6. The summed E-state index contributed by atoms with van der Waals surface area (Å²) >= 11 is 3.35. The number of anilines is 1. The number of pyridine rings is 1. The summed E-state index contributed by atoms with van der Waals surface area (Å²) in [6.07, 6.45) is 5.94. The van der Waals surface area contributed by atoms with Crippen LogP contribution in [0.3, 0.4) is 0 Å². The Balaban J connectivity index is 1.29. The van der Waals surface area contributed by atoms with Crippen molar-refractivity contribution >= 4 is 50.2 Å². The van der Waals surface area contributed by atoms with Crippen molar-refractivity contribution in [3.05, 3.63) is 70.0 Å². The summed E-state index contributed by atoms with van der Waals surface area (Å²) in [6.45, 7) is 5.63. The number of ketones is 1. The summed E-state index contributed by atoms with van der Waals surface area (Å²) in [5.41, 5.74) is 4.62. The lowest BCUT2D eigenvalue weighted by molar-refractivity contribution is -0.138. The fourth-order valence-corrected chi connectivity index (χ4v) is 6.24. The summed E-state index contributed by atoms with van der Waals surface area (Å²) in [7, 11) is 0. The molecule has 1 aliphatic heterocycles. The van der Waals surface area contributed by atoms with Gasteiger partial charge >= 0.3 is 0 Å². The minimum atomic E-state index is -0.559. The predicted molar refractivity (Wildman–Crippen MR) is 156 cm³/mol. The predicted octanol–water partition coefficient (Wildman–Crippen LogP) is 4.05.